The number of rotatable bonds is 8. The van der Waals surface area contributed by atoms with Gasteiger partial charge in [0.1, 0.15) is 11.5 Å². The minimum absolute atomic E-state index is 0.0315. The molecule has 1 aliphatic rings. The standard InChI is InChI=1S/C25H26N2O4/c1-3-30-18-10-13-23(31-4-2)20(16-18)26-25(29)19-14-15-27-21(19)11-12-22(27)24(28)17-8-6-5-7-9-17/h5-13,16,19H,3-4,14-15H2,1-2H3,(H,26,29). The fourth-order valence-electron chi connectivity index (χ4n) is 4.01. The van der Waals surface area contributed by atoms with Gasteiger partial charge in [-0.25, -0.2) is 0 Å². The van der Waals surface area contributed by atoms with E-state index in [1.54, 1.807) is 12.1 Å². The third-order valence-electron chi connectivity index (χ3n) is 5.42. The zero-order valence-corrected chi connectivity index (χ0v) is 17.8. The van der Waals surface area contributed by atoms with Gasteiger partial charge in [-0.3, -0.25) is 9.59 Å². The number of hydrogen-bond donors (Lipinski definition) is 1. The Morgan fingerprint density at radius 3 is 2.52 bits per heavy atom. The summed E-state index contributed by atoms with van der Waals surface area (Å²) in [5, 5.41) is 3.00. The van der Waals surface area contributed by atoms with Crippen molar-refractivity contribution in [3.63, 3.8) is 0 Å². The van der Waals surface area contributed by atoms with Gasteiger partial charge in [-0.1, -0.05) is 30.3 Å². The SMILES string of the molecule is CCOc1ccc(OCC)c(NC(=O)C2CCn3c(C(=O)c4ccccc4)ccc32)c1. The lowest BCUT2D eigenvalue weighted by atomic mass is 10.0. The minimum atomic E-state index is -0.331. The Balaban J connectivity index is 1.56. The first-order valence-electron chi connectivity index (χ1n) is 10.6. The largest absolute Gasteiger partial charge is 0.494 e. The van der Waals surface area contributed by atoms with Gasteiger partial charge >= 0.3 is 0 Å². The molecule has 3 aromatic rings. The number of amides is 1. The fourth-order valence-corrected chi connectivity index (χ4v) is 4.01. The van der Waals surface area contributed by atoms with Crippen molar-refractivity contribution in [3.8, 4) is 11.5 Å². The molecule has 4 rings (SSSR count). The molecule has 0 spiro atoms. The van der Waals surface area contributed by atoms with E-state index in [-0.39, 0.29) is 17.6 Å². The van der Waals surface area contributed by atoms with E-state index in [1.807, 2.05) is 66.9 Å². The number of aromatic nitrogens is 1. The third kappa shape index (κ3) is 4.19. The number of carbonyl (C=O) groups excluding carboxylic acids is 2. The second-order valence-corrected chi connectivity index (χ2v) is 7.34. The Hall–Kier alpha value is -3.54. The molecule has 1 atom stereocenters. The van der Waals surface area contributed by atoms with Crippen molar-refractivity contribution in [2.75, 3.05) is 18.5 Å². The van der Waals surface area contributed by atoms with Crippen molar-refractivity contribution < 1.29 is 19.1 Å². The zero-order valence-electron chi connectivity index (χ0n) is 17.8. The smallest absolute Gasteiger partial charge is 0.233 e. The molecule has 6 nitrogen and oxygen atoms in total. The molecule has 1 aromatic heterocycles. The van der Waals surface area contributed by atoms with Crippen LogP contribution in [0.5, 0.6) is 11.5 Å². The van der Waals surface area contributed by atoms with Gasteiger partial charge in [-0.05, 0) is 44.5 Å². The molecule has 0 fully saturated rings. The van der Waals surface area contributed by atoms with Crippen LogP contribution in [0.2, 0.25) is 0 Å². The molecule has 1 unspecified atom stereocenters. The number of nitrogens with zero attached hydrogens (tertiary/aromatic N) is 1. The molecule has 0 aliphatic carbocycles. The Bertz CT molecular complexity index is 1090. The Labute approximate surface area is 181 Å². The van der Waals surface area contributed by atoms with Crippen molar-refractivity contribution >= 4 is 17.4 Å². The number of ketones is 1. The zero-order chi connectivity index (χ0) is 21.8. The van der Waals surface area contributed by atoms with Crippen LogP contribution in [-0.2, 0) is 11.3 Å². The van der Waals surface area contributed by atoms with E-state index in [4.69, 9.17) is 9.47 Å². The van der Waals surface area contributed by atoms with Crippen LogP contribution in [0.4, 0.5) is 5.69 Å². The lowest BCUT2D eigenvalue weighted by Gasteiger charge is -2.15. The summed E-state index contributed by atoms with van der Waals surface area (Å²) in [6.45, 7) is 5.47. The quantitative estimate of drug-likeness (QED) is 0.541. The fraction of sp³-hybridized carbons (Fsp3) is 0.280. The summed E-state index contributed by atoms with van der Waals surface area (Å²) < 4.78 is 13.2. The van der Waals surface area contributed by atoms with E-state index in [0.717, 1.165) is 5.69 Å². The molecule has 1 amide bonds. The normalized spacial score (nSPS) is 14.7. The maximum atomic E-state index is 13.1. The molecule has 1 aliphatic heterocycles. The molecule has 0 saturated carbocycles. The van der Waals surface area contributed by atoms with Crippen LogP contribution in [0, 0.1) is 0 Å². The van der Waals surface area contributed by atoms with E-state index in [9.17, 15) is 9.59 Å². The first-order valence-corrected chi connectivity index (χ1v) is 10.6. The van der Waals surface area contributed by atoms with Crippen molar-refractivity contribution in [1.29, 1.82) is 0 Å². The highest BCUT2D eigenvalue weighted by Crippen LogP contribution is 2.35. The Morgan fingerprint density at radius 1 is 1.00 bits per heavy atom. The van der Waals surface area contributed by atoms with Crippen LogP contribution in [0.15, 0.2) is 60.7 Å². The molecular weight excluding hydrogens is 392 g/mol. The number of hydrogen-bond acceptors (Lipinski definition) is 4. The predicted octanol–water partition coefficient (Wildman–Crippen LogP) is 4.64. The minimum Gasteiger partial charge on any atom is -0.494 e. The lowest BCUT2D eigenvalue weighted by molar-refractivity contribution is -0.117. The molecular formula is C25H26N2O4. The number of ether oxygens (including phenoxy) is 2. The summed E-state index contributed by atoms with van der Waals surface area (Å²) in [6.07, 6.45) is 0.645. The highest BCUT2D eigenvalue weighted by atomic mass is 16.5. The molecule has 2 heterocycles. The van der Waals surface area contributed by atoms with Gasteiger partial charge in [-0.2, -0.15) is 0 Å². The van der Waals surface area contributed by atoms with Crippen LogP contribution in [0.1, 0.15) is 47.9 Å². The second-order valence-electron chi connectivity index (χ2n) is 7.34. The molecule has 1 N–H and O–H groups in total. The van der Waals surface area contributed by atoms with E-state index in [0.29, 0.717) is 54.6 Å². The number of nitrogens with one attached hydrogen (secondary N) is 1. The van der Waals surface area contributed by atoms with E-state index in [2.05, 4.69) is 5.32 Å². The first-order chi connectivity index (χ1) is 15.1. The average molecular weight is 418 g/mol. The number of anilines is 1. The number of carbonyl (C=O) groups is 2. The maximum Gasteiger partial charge on any atom is 0.233 e. The number of benzene rings is 2. The van der Waals surface area contributed by atoms with Gasteiger partial charge in [0.05, 0.1) is 30.5 Å². The predicted molar refractivity (Wildman–Crippen MR) is 119 cm³/mol. The van der Waals surface area contributed by atoms with Gasteiger partial charge in [0.25, 0.3) is 0 Å². The average Bonchev–Trinajstić information content (AvgIpc) is 3.38. The van der Waals surface area contributed by atoms with Crippen LogP contribution in [-0.4, -0.2) is 29.5 Å². The summed E-state index contributed by atoms with van der Waals surface area (Å²) in [5.74, 6) is 0.795. The van der Waals surface area contributed by atoms with Gasteiger partial charge in [0.2, 0.25) is 11.7 Å². The summed E-state index contributed by atoms with van der Waals surface area (Å²) >= 11 is 0. The van der Waals surface area contributed by atoms with Gasteiger partial charge in [0, 0.05) is 23.9 Å². The highest BCUT2D eigenvalue weighted by Gasteiger charge is 2.32. The summed E-state index contributed by atoms with van der Waals surface area (Å²) in [4.78, 5) is 26.0. The third-order valence-corrected chi connectivity index (χ3v) is 5.42. The highest BCUT2D eigenvalue weighted by molar-refractivity contribution is 6.08. The maximum absolute atomic E-state index is 13.1. The Kier molecular flexibility index (Phi) is 6.07. The van der Waals surface area contributed by atoms with Gasteiger partial charge < -0.3 is 19.4 Å². The lowest BCUT2D eigenvalue weighted by Crippen LogP contribution is -2.20. The summed E-state index contributed by atoms with van der Waals surface area (Å²) in [7, 11) is 0. The van der Waals surface area contributed by atoms with Crippen LogP contribution in [0.3, 0.4) is 0 Å². The molecule has 0 saturated heterocycles. The van der Waals surface area contributed by atoms with E-state index in [1.165, 1.54) is 0 Å². The molecule has 31 heavy (non-hydrogen) atoms. The second kappa shape index (κ2) is 9.08. The van der Waals surface area contributed by atoms with Crippen molar-refractivity contribution in [2.45, 2.75) is 32.7 Å². The molecule has 6 heteroatoms. The number of fused-ring (bicyclic) bond motifs is 1. The molecule has 0 radical (unpaired) electrons. The van der Waals surface area contributed by atoms with E-state index < -0.39 is 0 Å². The molecule has 160 valence electrons. The molecule has 0 bridgehead atoms. The van der Waals surface area contributed by atoms with Crippen molar-refractivity contribution in [3.05, 3.63) is 77.6 Å². The van der Waals surface area contributed by atoms with Gasteiger partial charge in [0.15, 0.2) is 0 Å². The van der Waals surface area contributed by atoms with E-state index >= 15 is 0 Å². The van der Waals surface area contributed by atoms with Crippen LogP contribution in [0.25, 0.3) is 0 Å². The monoisotopic (exact) mass is 418 g/mol. The van der Waals surface area contributed by atoms with Crippen LogP contribution < -0.4 is 14.8 Å². The molecule has 2 aromatic carbocycles. The van der Waals surface area contributed by atoms with Crippen LogP contribution >= 0.6 is 0 Å². The van der Waals surface area contributed by atoms with Crippen molar-refractivity contribution in [1.82, 2.24) is 4.57 Å². The summed E-state index contributed by atoms with van der Waals surface area (Å²) in [6, 6.07) is 18.3. The first kappa shape index (κ1) is 20.7. The van der Waals surface area contributed by atoms with Crippen molar-refractivity contribution in [2.24, 2.45) is 0 Å². The topological polar surface area (TPSA) is 69.6 Å². The Morgan fingerprint density at radius 2 is 1.77 bits per heavy atom. The summed E-state index contributed by atoms with van der Waals surface area (Å²) in [5.41, 5.74) is 2.70. The van der Waals surface area contributed by atoms with Gasteiger partial charge in [-0.15, -0.1) is 0 Å².